The maximum Gasteiger partial charge on any atom is 0.262 e. The first-order chi connectivity index (χ1) is 13.0. The molecule has 0 N–H and O–H groups in total. The molecule has 3 aromatic rings. The van der Waals surface area contributed by atoms with Crippen LogP contribution in [-0.4, -0.2) is 36.5 Å². The molecule has 0 spiro atoms. The molecule has 132 valence electrons. The van der Waals surface area contributed by atoms with Crippen LogP contribution in [0.1, 0.15) is 45.1 Å². The standard InChI is InChI=1S/C18H11ClN6O2/c1-10(24-16(26)12-4-2-3-5-13(12)17(24)27)15-22-18(19)23-25(15)14-7-6-11(8-20)9-21-14/h2-7,9-10H,1H3. The first kappa shape index (κ1) is 16.9. The number of benzene rings is 1. The van der Waals surface area contributed by atoms with E-state index in [1.165, 1.54) is 10.9 Å². The van der Waals surface area contributed by atoms with Crippen molar-refractivity contribution in [1.82, 2.24) is 24.6 Å². The molecule has 0 radical (unpaired) electrons. The number of amides is 2. The van der Waals surface area contributed by atoms with Gasteiger partial charge in [0, 0.05) is 6.20 Å². The van der Waals surface area contributed by atoms with Crippen LogP contribution in [0.2, 0.25) is 5.28 Å². The number of fused-ring (bicyclic) bond motifs is 1. The summed E-state index contributed by atoms with van der Waals surface area (Å²) < 4.78 is 1.36. The molecule has 2 aromatic heterocycles. The number of carbonyl (C=O) groups is 2. The van der Waals surface area contributed by atoms with Crippen molar-refractivity contribution in [2.75, 3.05) is 0 Å². The van der Waals surface area contributed by atoms with Crippen LogP contribution >= 0.6 is 11.6 Å². The lowest BCUT2D eigenvalue weighted by atomic mass is 10.1. The number of aromatic nitrogens is 4. The smallest absolute Gasteiger partial charge is 0.262 e. The molecule has 1 aromatic carbocycles. The highest BCUT2D eigenvalue weighted by Gasteiger charge is 2.40. The normalized spacial score (nSPS) is 14.2. The highest BCUT2D eigenvalue weighted by Crippen LogP contribution is 2.31. The predicted octanol–water partition coefficient (Wildman–Crippen LogP) is 2.54. The lowest BCUT2D eigenvalue weighted by molar-refractivity contribution is 0.0587. The third-order valence-electron chi connectivity index (χ3n) is 4.29. The van der Waals surface area contributed by atoms with Gasteiger partial charge in [-0.2, -0.15) is 14.9 Å². The lowest BCUT2D eigenvalue weighted by Crippen LogP contribution is -2.34. The van der Waals surface area contributed by atoms with Gasteiger partial charge in [-0.05, 0) is 42.8 Å². The van der Waals surface area contributed by atoms with Gasteiger partial charge in [0.2, 0.25) is 5.28 Å². The van der Waals surface area contributed by atoms with Gasteiger partial charge in [-0.3, -0.25) is 14.5 Å². The molecule has 1 unspecified atom stereocenters. The van der Waals surface area contributed by atoms with Gasteiger partial charge in [0.15, 0.2) is 11.6 Å². The Morgan fingerprint density at radius 3 is 2.33 bits per heavy atom. The largest absolute Gasteiger partial charge is 0.269 e. The summed E-state index contributed by atoms with van der Waals surface area (Å²) in [6.45, 7) is 1.67. The number of nitriles is 1. The van der Waals surface area contributed by atoms with E-state index in [-0.39, 0.29) is 11.1 Å². The Bertz CT molecular complexity index is 1080. The number of hydrogen-bond acceptors (Lipinski definition) is 6. The fourth-order valence-electron chi connectivity index (χ4n) is 2.99. The molecule has 4 rings (SSSR count). The van der Waals surface area contributed by atoms with Gasteiger partial charge in [-0.15, -0.1) is 5.10 Å². The minimum atomic E-state index is -0.727. The van der Waals surface area contributed by atoms with Crippen molar-refractivity contribution in [3.8, 4) is 11.9 Å². The average Bonchev–Trinajstić information content (AvgIpc) is 3.20. The van der Waals surface area contributed by atoms with Crippen LogP contribution in [0.25, 0.3) is 5.82 Å². The van der Waals surface area contributed by atoms with Crippen LogP contribution in [-0.2, 0) is 0 Å². The Hall–Kier alpha value is -3.57. The lowest BCUT2D eigenvalue weighted by Gasteiger charge is -2.21. The number of hydrogen-bond donors (Lipinski definition) is 0. The maximum absolute atomic E-state index is 12.7. The summed E-state index contributed by atoms with van der Waals surface area (Å²) in [5.74, 6) is -0.151. The van der Waals surface area contributed by atoms with Crippen LogP contribution in [0.3, 0.4) is 0 Å². The average molecular weight is 379 g/mol. The zero-order valence-corrected chi connectivity index (χ0v) is 14.8. The monoisotopic (exact) mass is 378 g/mol. The van der Waals surface area contributed by atoms with Crippen molar-refractivity contribution in [3.63, 3.8) is 0 Å². The van der Waals surface area contributed by atoms with E-state index in [0.717, 1.165) is 4.90 Å². The minimum absolute atomic E-state index is 0.0420. The molecule has 0 saturated heterocycles. The van der Waals surface area contributed by atoms with Gasteiger partial charge in [0.25, 0.3) is 11.8 Å². The quantitative estimate of drug-likeness (QED) is 0.648. The Kier molecular flexibility index (Phi) is 3.94. The summed E-state index contributed by atoms with van der Waals surface area (Å²) in [6.07, 6.45) is 1.39. The summed E-state index contributed by atoms with van der Waals surface area (Å²) in [5.41, 5.74) is 1.09. The maximum atomic E-state index is 12.7. The first-order valence-electron chi connectivity index (χ1n) is 7.97. The Balaban J connectivity index is 1.75. The SMILES string of the molecule is CC(c1nc(Cl)nn1-c1ccc(C#N)cn1)N1C(=O)c2ccccc2C1=O. The van der Waals surface area contributed by atoms with E-state index in [9.17, 15) is 9.59 Å². The second-order valence-electron chi connectivity index (χ2n) is 5.87. The molecular formula is C18H11ClN6O2. The summed E-state index contributed by atoms with van der Waals surface area (Å²) in [7, 11) is 0. The van der Waals surface area contributed by atoms with Crippen LogP contribution in [0.4, 0.5) is 0 Å². The molecule has 0 bridgehead atoms. The number of nitrogens with zero attached hydrogens (tertiary/aromatic N) is 6. The van der Waals surface area contributed by atoms with E-state index in [0.29, 0.717) is 22.5 Å². The summed E-state index contributed by atoms with van der Waals surface area (Å²) >= 11 is 5.98. The molecule has 8 nitrogen and oxygen atoms in total. The molecule has 0 saturated carbocycles. The van der Waals surface area contributed by atoms with E-state index in [1.54, 1.807) is 43.3 Å². The van der Waals surface area contributed by atoms with Crippen molar-refractivity contribution < 1.29 is 9.59 Å². The van der Waals surface area contributed by atoms with E-state index in [2.05, 4.69) is 15.1 Å². The van der Waals surface area contributed by atoms with Crippen LogP contribution in [0.5, 0.6) is 0 Å². The molecule has 9 heteroatoms. The van der Waals surface area contributed by atoms with E-state index < -0.39 is 17.9 Å². The predicted molar refractivity (Wildman–Crippen MR) is 94.2 cm³/mol. The van der Waals surface area contributed by atoms with Crippen molar-refractivity contribution in [1.29, 1.82) is 5.26 Å². The molecule has 0 fully saturated rings. The molecule has 1 atom stereocenters. The summed E-state index contributed by atoms with van der Waals surface area (Å²) in [6, 6.07) is 11.1. The topological polar surface area (TPSA) is 105 Å². The van der Waals surface area contributed by atoms with Gasteiger partial charge in [-0.25, -0.2) is 4.98 Å². The van der Waals surface area contributed by atoms with E-state index in [1.807, 2.05) is 6.07 Å². The molecule has 0 aliphatic carbocycles. The fourth-order valence-corrected chi connectivity index (χ4v) is 3.15. The number of imide groups is 1. The number of pyridine rings is 1. The third kappa shape index (κ3) is 2.65. The van der Waals surface area contributed by atoms with Crippen molar-refractivity contribution in [3.05, 3.63) is 70.4 Å². The highest BCUT2D eigenvalue weighted by atomic mass is 35.5. The van der Waals surface area contributed by atoms with Gasteiger partial charge >= 0.3 is 0 Å². The first-order valence-corrected chi connectivity index (χ1v) is 8.35. The fraction of sp³-hybridized carbons (Fsp3) is 0.111. The van der Waals surface area contributed by atoms with E-state index in [4.69, 9.17) is 16.9 Å². The zero-order chi connectivity index (χ0) is 19.1. The minimum Gasteiger partial charge on any atom is -0.269 e. The zero-order valence-electron chi connectivity index (χ0n) is 14.0. The number of carbonyl (C=O) groups excluding carboxylic acids is 2. The number of halogens is 1. The molecule has 1 aliphatic heterocycles. The molecule has 1 aliphatic rings. The Morgan fingerprint density at radius 1 is 1.11 bits per heavy atom. The molecular weight excluding hydrogens is 368 g/mol. The second-order valence-corrected chi connectivity index (χ2v) is 6.21. The summed E-state index contributed by atoms with van der Waals surface area (Å²) in [4.78, 5) is 34.9. The van der Waals surface area contributed by atoms with Crippen molar-refractivity contribution in [2.24, 2.45) is 0 Å². The Morgan fingerprint density at radius 2 is 1.78 bits per heavy atom. The Labute approximate surface area is 158 Å². The number of rotatable bonds is 3. The second kappa shape index (κ2) is 6.30. The van der Waals surface area contributed by atoms with E-state index >= 15 is 0 Å². The van der Waals surface area contributed by atoms with Gasteiger partial charge in [0.05, 0.1) is 22.7 Å². The van der Waals surface area contributed by atoms with Gasteiger partial charge in [-0.1, -0.05) is 12.1 Å². The molecule has 27 heavy (non-hydrogen) atoms. The van der Waals surface area contributed by atoms with Crippen molar-refractivity contribution in [2.45, 2.75) is 13.0 Å². The highest BCUT2D eigenvalue weighted by molar-refractivity contribution is 6.28. The van der Waals surface area contributed by atoms with Crippen LogP contribution in [0.15, 0.2) is 42.6 Å². The molecule has 2 amide bonds. The van der Waals surface area contributed by atoms with Crippen LogP contribution < -0.4 is 0 Å². The molecule has 3 heterocycles. The van der Waals surface area contributed by atoms with Crippen LogP contribution in [0, 0.1) is 11.3 Å². The van der Waals surface area contributed by atoms with Gasteiger partial charge < -0.3 is 0 Å². The third-order valence-corrected chi connectivity index (χ3v) is 4.45. The van der Waals surface area contributed by atoms with Crippen molar-refractivity contribution >= 4 is 23.4 Å². The van der Waals surface area contributed by atoms with Gasteiger partial charge in [0.1, 0.15) is 6.07 Å². The summed E-state index contributed by atoms with van der Waals surface area (Å²) in [5, 5.41) is 13.0.